The molecule has 3 rings (SSSR count). The molecule has 1 amide bonds. The fourth-order valence-electron chi connectivity index (χ4n) is 1.94. The van der Waals surface area contributed by atoms with E-state index in [1.807, 2.05) is 24.3 Å². The molecule has 0 radical (unpaired) electrons. The maximum atomic E-state index is 12.1. The molecule has 1 heterocycles. The van der Waals surface area contributed by atoms with E-state index < -0.39 is 0 Å². The number of hydrogen-bond acceptors (Lipinski definition) is 3. The highest BCUT2D eigenvalue weighted by Crippen LogP contribution is 2.18. The zero-order valence-corrected chi connectivity index (χ0v) is 13.0. The molecule has 0 saturated heterocycles. The van der Waals surface area contributed by atoms with Crippen molar-refractivity contribution in [2.24, 2.45) is 0 Å². The molecule has 0 fully saturated rings. The van der Waals surface area contributed by atoms with E-state index in [0.717, 1.165) is 15.8 Å². The van der Waals surface area contributed by atoms with Gasteiger partial charge in [0.1, 0.15) is 0 Å². The SMILES string of the molecule is O=C(NCC#Cc1cccc(Cl)c1)c1ccc2ncsc2c1. The van der Waals surface area contributed by atoms with Gasteiger partial charge < -0.3 is 5.32 Å². The molecule has 0 aliphatic carbocycles. The third-order valence-corrected chi connectivity index (χ3v) is 4.01. The van der Waals surface area contributed by atoms with Crippen LogP contribution in [0.15, 0.2) is 48.0 Å². The summed E-state index contributed by atoms with van der Waals surface area (Å²) in [6.07, 6.45) is 0. The lowest BCUT2D eigenvalue weighted by Gasteiger charge is -2.01. The Labute approximate surface area is 137 Å². The van der Waals surface area contributed by atoms with E-state index in [2.05, 4.69) is 22.1 Å². The van der Waals surface area contributed by atoms with Gasteiger partial charge in [0.2, 0.25) is 0 Å². The summed E-state index contributed by atoms with van der Waals surface area (Å²) in [5.74, 6) is 5.73. The van der Waals surface area contributed by atoms with Crippen LogP contribution in [-0.4, -0.2) is 17.4 Å². The van der Waals surface area contributed by atoms with Gasteiger partial charge in [-0.1, -0.05) is 29.5 Å². The van der Waals surface area contributed by atoms with Gasteiger partial charge in [-0.2, -0.15) is 0 Å². The van der Waals surface area contributed by atoms with E-state index in [-0.39, 0.29) is 12.5 Å². The molecular formula is C17H11ClN2OS. The van der Waals surface area contributed by atoms with Crippen LogP contribution in [0.5, 0.6) is 0 Å². The fourth-order valence-corrected chi connectivity index (χ4v) is 2.84. The quantitative estimate of drug-likeness (QED) is 0.729. The number of nitrogens with zero attached hydrogens (tertiary/aromatic N) is 1. The summed E-state index contributed by atoms with van der Waals surface area (Å²) in [6.45, 7) is 0.284. The molecule has 108 valence electrons. The van der Waals surface area contributed by atoms with E-state index >= 15 is 0 Å². The smallest absolute Gasteiger partial charge is 0.252 e. The van der Waals surface area contributed by atoms with E-state index in [4.69, 9.17) is 11.6 Å². The largest absolute Gasteiger partial charge is 0.341 e. The lowest BCUT2D eigenvalue weighted by atomic mass is 10.2. The van der Waals surface area contributed by atoms with Crippen LogP contribution >= 0.6 is 22.9 Å². The van der Waals surface area contributed by atoms with Crippen molar-refractivity contribution in [2.75, 3.05) is 6.54 Å². The van der Waals surface area contributed by atoms with Crippen LogP contribution in [0.3, 0.4) is 0 Å². The van der Waals surface area contributed by atoms with E-state index in [9.17, 15) is 4.79 Å². The molecule has 1 aromatic heterocycles. The van der Waals surface area contributed by atoms with Gasteiger partial charge in [0, 0.05) is 16.1 Å². The molecule has 2 aromatic carbocycles. The van der Waals surface area contributed by atoms with Gasteiger partial charge in [0.25, 0.3) is 5.91 Å². The average molecular weight is 327 g/mol. The molecule has 0 unspecified atom stereocenters. The minimum absolute atomic E-state index is 0.143. The number of rotatable bonds is 2. The molecule has 0 spiro atoms. The topological polar surface area (TPSA) is 42.0 Å². The van der Waals surface area contributed by atoms with Crippen LogP contribution in [0.2, 0.25) is 5.02 Å². The number of thiazole rings is 1. The first-order valence-corrected chi connectivity index (χ1v) is 7.84. The van der Waals surface area contributed by atoms with Gasteiger partial charge >= 0.3 is 0 Å². The van der Waals surface area contributed by atoms with Crippen LogP contribution in [0.1, 0.15) is 15.9 Å². The second-order valence-corrected chi connectivity index (χ2v) is 5.85. The van der Waals surface area contributed by atoms with Gasteiger partial charge in [0.05, 0.1) is 22.3 Å². The first-order valence-electron chi connectivity index (χ1n) is 6.58. The van der Waals surface area contributed by atoms with Crippen molar-refractivity contribution in [1.82, 2.24) is 10.3 Å². The highest BCUT2D eigenvalue weighted by atomic mass is 35.5. The first-order chi connectivity index (χ1) is 10.7. The molecule has 1 N–H and O–H groups in total. The maximum absolute atomic E-state index is 12.1. The van der Waals surface area contributed by atoms with Gasteiger partial charge in [-0.3, -0.25) is 4.79 Å². The number of benzene rings is 2. The number of amides is 1. The molecule has 0 aliphatic rings. The maximum Gasteiger partial charge on any atom is 0.252 e. The number of aromatic nitrogens is 1. The number of nitrogens with one attached hydrogen (secondary N) is 1. The summed E-state index contributed by atoms with van der Waals surface area (Å²) in [7, 11) is 0. The van der Waals surface area contributed by atoms with Crippen molar-refractivity contribution in [2.45, 2.75) is 0 Å². The van der Waals surface area contributed by atoms with Crippen LogP contribution < -0.4 is 5.32 Å². The summed E-state index contributed by atoms with van der Waals surface area (Å²) in [5.41, 5.74) is 4.11. The molecule has 22 heavy (non-hydrogen) atoms. The highest BCUT2D eigenvalue weighted by Gasteiger charge is 2.06. The number of carbonyl (C=O) groups excluding carboxylic acids is 1. The van der Waals surface area contributed by atoms with Crippen LogP contribution in [0.25, 0.3) is 10.2 Å². The lowest BCUT2D eigenvalue weighted by molar-refractivity contribution is 0.0959. The second-order valence-electron chi connectivity index (χ2n) is 4.53. The average Bonchev–Trinajstić information content (AvgIpc) is 2.99. The molecule has 0 saturated carbocycles. The molecule has 5 heteroatoms. The fraction of sp³-hybridized carbons (Fsp3) is 0.0588. The zero-order chi connectivity index (χ0) is 15.4. The zero-order valence-electron chi connectivity index (χ0n) is 11.5. The van der Waals surface area contributed by atoms with Gasteiger partial charge in [-0.05, 0) is 36.4 Å². The third-order valence-electron chi connectivity index (χ3n) is 2.99. The molecule has 3 aromatic rings. The van der Waals surface area contributed by atoms with Crippen LogP contribution in [-0.2, 0) is 0 Å². The molecular weight excluding hydrogens is 316 g/mol. The Hall–Kier alpha value is -2.35. The Balaban J connectivity index is 1.63. The lowest BCUT2D eigenvalue weighted by Crippen LogP contribution is -2.23. The van der Waals surface area contributed by atoms with E-state index in [1.165, 1.54) is 11.3 Å². The summed E-state index contributed by atoms with van der Waals surface area (Å²) < 4.78 is 0.998. The van der Waals surface area contributed by atoms with Crippen molar-refractivity contribution in [3.8, 4) is 11.8 Å². The minimum atomic E-state index is -0.143. The number of halogens is 1. The monoisotopic (exact) mass is 326 g/mol. The Kier molecular flexibility index (Phi) is 4.38. The predicted octanol–water partition coefficient (Wildman–Crippen LogP) is 3.73. The first kappa shape index (κ1) is 14.6. The van der Waals surface area contributed by atoms with Gasteiger partial charge in [-0.15, -0.1) is 11.3 Å². The Morgan fingerprint density at radius 1 is 1.27 bits per heavy atom. The number of carbonyl (C=O) groups is 1. The Morgan fingerprint density at radius 2 is 2.18 bits per heavy atom. The van der Waals surface area contributed by atoms with Crippen molar-refractivity contribution in [3.63, 3.8) is 0 Å². The van der Waals surface area contributed by atoms with Crippen molar-refractivity contribution in [1.29, 1.82) is 0 Å². The normalized spacial score (nSPS) is 10.0. The third kappa shape index (κ3) is 3.45. The van der Waals surface area contributed by atoms with Gasteiger partial charge in [-0.25, -0.2) is 4.98 Å². The standard InChI is InChI=1S/C17H11ClN2OS/c18-14-5-1-3-12(9-14)4-2-8-19-17(21)13-6-7-15-16(10-13)22-11-20-15/h1,3,5-7,9-11H,8H2,(H,19,21). The van der Waals surface area contributed by atoms with Crippen molar-refractivity contribution < 1.29 is 4.79 Å². The number of fused-ring (bicyclic) bond motifs is 1. The van der Waals surface area contributed by atoms with Crippen LogP contribution in [0, 0.1) is 11.8 Å². The summed E-state index contributed by atoms with van der Waals surface area (Å²) in [6, 6.07) is 12.7. The Morgan fingerprint density at radius 3 is 3.05 bits per heavy atom. The van der Waals surface area contributed by atoms with E-state index in [1.54, 1.807) is 23.7 Å². The van der Waals surface area contributed by atoms with Gasteiger partial charge in [0.15, 0.2) is 0 Å². The molecule has 0 aliphatic heterocycles. The predicted molar refractivity (Wildman–Crippen MR) is 90.3 cm³/mol. The number of hydrogen-bond donors (Lipinski definition) is 1. The van der Waals surface area contributed by atoms with Crippen molar-refractivity contribution in [3.05, 3.63) is 64.1 Å². The minimum Gasteiger partial charge on any atom is -0.341 e. The molecule has 0 atom stereocenters. The van der Waals surface area contributed by atoms with Crippen molar-refractivity contribution >= 4 is 39.1 Å². The summed E-state index contributed by atoms with van der Waals surface area (Å²) in [4.78, 5) is 16.2. The van der Waals surface area contributed by atoms with Crippen LogP contribution in [0.4, 0.5) is 0 Å². The summed E-state index contributed by atoms with van der Waals surface area (Å²) >= 11 is 7.40. The van der Waals surface area contributed by atoms with E-state index in [0.29, 0.717) is 10.6 Å². The summed E-state index contributed by atoms with van der Waals surface area (Å²) in [5, 5.41) is 3.43. The Bertz CT molecular complexity index is 892. The molecule has 3 nitrogen and oxygen atoms in total. The molecule has 0 bridgehead atoms. The highest BCUT2D eigenvalue weighted by molar-refractivity contribution is 7.16. The second kappa shape index (κ2) is 6.61.